The summed E-state index contributed by atoms with van der Waals surface area (Å²) < 4.78 is 79.0. The normalized spacial score (nSPS) is 12.7. The van der Waals surface area contributed by atoms with Crippen molar-refractivity contribution in [1.82, 2.24) is 10.6 Å². The number of nitrogens with one attached hydrogen (secondary N) is 2. The van der Waals surface area contributed by atoms with Gasteiger partial charge in [-0.3, -0.25) is 0 Å². The van der Waals surface area contributed by atoms with Crippen LogP contribution in [0.3, 0.4) is 0 Å². The molecule has 0 radical (unpaired) electrons. The molecule has 7 nitrogen and oxygen atoms in total. The van der Waals surface area contributed by atoms with Crippen molar-refractivity contribution in [3.8, 4) is 6.07 Å². The van der Waals surface area contributed by atoms with E-state index in [1.807, 2.05) is 0 Å². The number of halogens is 6. The van der Waals surface area contributed by atoms with Gasteiger partial charge in [0.25, 0.3) is 0 Å². The van der Waals surface area contributed by atoms with E-state index in [0.717, 1.165) is 12.1 Å². The Bertz CT molecular complexity index is 919. The Kier molecular flexibility index (Phi) is 10.0. The predicted octanol–water partition coefficient (Wildman–Crippen LogP) is 4.56. The molecule has 0 bridgehead atoms. The Hall–Kier alpha value is -3.43. The van der Waals surface area contributed by atoms with Crippen LogP contribution in [0.15, 0.2) is 35.2 Å². The lowest BCUT2D eigenvalue weighted by Gasteiger charge is -2.26. The zero-order valence-corrected chi connectivity index (χ0v) is 18.1. The highest BCUT2D eigenvalue weighted by Crippen LogP contribution is 2.35. The van der Waals surface area contributed by atoms with Crippen LogP contribution >= 0.6 is 0 Å². The van der Waals surface area contributed by atoms with Gasteiger partial charge in [0.15, 0.2) is 0 Å². The van der Waals surface area contributed by atoms with E-state index in [9.17, 15) is 31.1 Å². The summed E-state index contributed by atoms with van der Waals surface area (Å²) >= 11 is 0. The van der Waals surface area contributed by atoms with Gasteiger partial charge in [0.05, 0.1) is 36.0 Å². The van der Waals surface area contributed by atoms with Gasteiger partial charge in [0.2, 0.25) is 0 Å². The molecule has 0 aliphatic heterocycles. The number of oxime groups is 1. The smallest absolute Gasteiger partial charge is 0.360 e. The number of benzene rings is 1. The molecule has 0 unspecified atom stereocenters. The number of hydrogen-bond donors (Lipinski definition) is 2. The Morgan fingerprint density at radius 1 is 1.27 bits per heavy atom. The molecular formula is C20H23F6N5O2. The lowest BCUT2D eigenvalue weighted by Crippen LogP contribution is -2.37. The molecule has 0 aromatic heterocycles. The quantitative estimate of drug-likeness (QED) is 0.235. The second-order valence-electron chi connectivity index (χ2n) is 6.74. The third kappa shape index (κ3) is 9.71. The fraction of sp³-hybridized carbons (Fsp3) is 0.450. The maximum absolute atomic E-state index is 13.2. The van der Waals surface area contributed by atoms with Gasteiger partial charge in [-0.05, 0) is 37.6 Å². The first-order chi connectivity index (χ1) is 15.3. The number of rotatable bonds is 9. The van der Waals surface area contributed by atoms with E-state index in [1.54, 1.807) is 13.0 Å². The van der Waals surface area contributed by atoms with Crippen LogP contribution in [0, 0.1) is 11.3 Å². The first-order valence-corrected chi connectivity index (χ1v) is 9.58. The summed E-state index contributed by atoms with van der Waals surface area (Å²) in [5.74, 6) is 0.223. The van der Waals surface area contributed by atoms with Crippen molar-refractivity contribution in [3.63, 3.8) is 0 Å². The van der Waals surface area contributed by atoms with Crippen LogP contribution in [0.1, 0.15) is 31.4 Å². The molecule has 0 aliphatic carbocycles. The van der Waals surface area contributed by atoms with Gasteiger partial charge in [0, 0.05) is 12.7 Å². The molecule has 33 heavy (non-hydrogen) atoms. The molecule has 1 aromatic carbocycles. The minimum atomic E-state index is -4.92. The molecular weight excluding hydrogens is 456 g/mol. The Balaban J connectivity index is 3.15. The number of nitrogens with zero attached hydrogens (tertiary/aromatic N) is 3. The van der Waals surface area contributed by atoms with Crippen molar-refractivity contribution in [2.45, 2.75) is 32.6 Å². The zero-order chi connectivity index (χ0) is 25.2. The van der Waals surface area contributed by atoms with E-state index < -0.39 is 42.6 Å². The molecule has 0 heterocycles. The molecule has 2 amide bonds. The second-order valence-corrected chi connectivity index (χ2v) is 6.74. The SMILES string of the molecule is CC/C=C(\CNC(=O)NC)O/N=C(\C)CN(CC(F)(F)F)c1ccc(C#N)c(C(F)(F)F)c1. The van der Waals surface area contributed by atoms with Crippen LogP contribution in [0.25, 0.3) is 0 Å². The average Bonchev–Trinajstić information content (AvgIpc) is 2.72. The summed E-state index contributed by atoms with van der Waals surface area (Å²) in [7, 11) is 1.41. The molecule has 0 fully saturated rings. The number of alkyl halides is 6. The summed E-state index contributed by atoms with van der Waals surface area (Å²) in [6, 6.07) is 3.21. The number of urea groups is 1. The maximum atomic E-state index is 13.2. The summed E-state index contributed by atoms with van der Waals surface area (Å²) in [5, 5.41) is 17.4. The second kappa shape index (κ2) is 12.0. The Morgan fingerprint density at radius 2 is 1.94 bits per heavy atom. The number of carbonyl (C=O) groups excluding carboxylic acids is 1. The lowest BCUT2D eigenvalue weighted by molar-refractivity contribution is -0.137. The number of allylic oxidation sites excluding steroid dienone is 1. The van der Waals surface area contributed by atoms with Gasteiger partial charge in [0.1, 0.15) is 12.3 Å². The van der Waals surface area contributed by atoms with Gasteiger partial charge in [-0.15, -0.1) is 0 Å². The van der Waals surface area contributed by atoms with Gasteiger partial charge < -0.3 is 20.4 Å². The molecule has 182 valence electrons. The minimum Gasteiger partial charge on any atom is -0.360 e. The third-order valence-corrected chi connectivity index (χ3v) is 3.98. The number of carbonyl (C=O) groups is 1. The molecule has 1 aromatic rings. The molecule has 13 heteroatoms. The first kappa shape index (κ1) is 27.6. The van der Waals surface area contributed by atoms with Crippen molar-refractivity contribution in [1.29, 1.82) is 5.26 Å². The van der Waals surface area contributed by atoms with E-state index in [4.69, 9.17) is 10.1 Å². The molecule has 0 saturated carbocycles. The van der Waals surface area contributed by atoms with Gasteiger partial charge in [-0.25, -0.2) is 4.79 Å². The van der Waals surface area contributed by atoms with Gasteiger partial charge in [-0.2, -0.15) is 31.6 Å². The van der Waals surface area contributed by atoms with Crippen molar-refractivity contribution in [3.05, 3.63) is 41.2 Å². The number of amides is 2. The molecule has 2 N–H and O–H groups in total. The van der Waals surface area contributed by atoms with Crippen molar-refractivity contribution >= 4 is 17.4 Å². The summed E-state index contributed by atoms with van der Waals surface area (Å²) in [6.07, 6.45) is -7.53. The highest BCUT2D eigenvalue weighted by molar-refractivity contribution is 5.86. The van der Waals surface area contributed by atoms with Crippen LogP contribution < -0.4 is 15.5 Å². The van der Waals surface area contributed by atoms with Gasteiger partial charge in [-0.1, -0.05) is 12.1 Å². The van der Waals surface area contributed by atoms with E-state index in [0.29, 0.717) is 17.4 Å². The molecule has 1 rings (SSSR count). The third-order valence-electron chi connectivity index (χ3n) is 3.98. The molecule has 0 saturated heterocycles. The predicted molar refractivity (Wildman–Crippen MR) is 109 cm³/mol. The highest BCUT2D eigenvalue weighted by Gasteiger charge is 2.36. The van der Waals surface area contributed by atoms with Crippen LogP contribution in [-0.4, -0.2) is 44.6 Å². The van der Waals surface area contributed by atoms with Crippen molar-refractivity contribution in [2.24, 2.45) is 5.16 Å². The van der Waals surface area contributed by atoms with Crippen molar-refractivity contribution in [2.75, 3.05) is 31.6 Å². The van der Waals surface area contributed by atoms with Crippen LogP contribution in [0.2, 0.25) is 0 Å². The maximum Gasteiger partial charge on any atom is 0.417 e. The number of nitriles is 1. The number of hydrogen-bond acceptors (Lipinski definition) is 5. The standard InChI is InChI=1S/C20H23F6N5O2/c1-4-5-16(10-29-18(32)28-3)33-30-13(2)11-31(12-19(21,22)23)15-7-6-14(9-27)17(8-15)20(24,25)26/h5-8H,4,10-12H2,1-3H3,(H2,28,29,32)/b16-5+,30-13+. The minimum absolute atomic E-state index is 0.0270. The largest absolute Gasteiger partial charge is 0.417 e. The zero-order valence-electron chi connectivity index (χ0n) is 18.1. The Labute approximate surface area is 186 Å². The highest BCUT2D eigenvalue weighted by atomic mass is 19.4. The van der Waals surface area contributed by atoms with Crippen molar-refractivity contribution < 1.29 is 36.0 Å². The monoisotopic (exact) mass is 479 g/mol. The molecule has 0 aliphatic rings. The number of anilines is 1. The van der Waals surface area contributed by atoms with Gasteiger partial charge >= 0.3 is 18.4 Å². The molecule has 0 atom stereocenters. The van der Waals surface area contributed by atoms with Crippen LogP contribution in [0.5, 0.6) is 0 Å². The fourth-order valence-electron chi connectivity index (χ4n) is 2.58. The van der Waals surface area contributed by atoms with E-state index in [2.05, 4.69) is 15.8 Å². The summed E-state index contributed by atoms with van der Waals surface area (Å²) in [5.41, 5.74) is -2.41. The van der Waals surface area contributed by atoms with E-state index >= 15 is 0 Å². The summed E-state index contributed by atoms with van der Waals surface area (Å²) in [6.45, 7) is 1.02. The van der Waals surface area contributed by atoms with E-state index in [1.165, 1.54) is 20.0 Å². The van der Waals surface area contributed by atoms with Crippen LogP contribution in [-0.2, 0) is 11.0 Å². The molecule has 0 spiro atoms. The Morgan fingerprint density at radius 3 is 2.45 bits per heavy atom. The fourth-order valence-corrected chi connectivity index (χ4v) is 2.58. The first-order valence-electron chi connectivity index (χ1n) is 9.58. The average molecular weight is 479 g/mol. The lowest BCUT2D eigenvalue weighted by atomic mass is 10.1. The topological polar surface area (TPSA) is 89.8 Å². The summed E-state index contributed by atoms with van der Waals surface area (Å²) in [4.78, 5) is 17.1. The van der Waals surface area contributed by atoms with E-state index in [-0.39, 0.29) is 23.7 Å². The van der Waals surface area contributed by atoms with Crippen LogP contribution in [0.4, 0.5) is 36.8 Å².